The average Bonchev–Trinajstić information content (AvgIpc) is 2.69. The first-order chi connectivity index (χ1) is 7.76. The van der Waals surface area contributed by atoms with Crippen LogP contribution in [-0.2, 0) is 6.54 Å². The highest BCUT2D eigenvalue weighted by molar-refractivity contribution is 4.99. The molecule has 0 fully saturated rings. The van der Waals surface area contributed by atoms with Crippen LogP contribution in [-0.4, -0.2) is 22.4 Å². The third-order valence-corrected chi connectivity index (χ3v) is 2.89. The van der Waals surface area contributed by atoms with Gasteiger partial charge in [0.2, 0.25) is 0 Å². The first kappa shape index (κ1) is 13.2. The molecule has 1 heterocycles. The van der Waals surface area contributed by atoms with Gasteiger partial charge in [-0.15, -0.1) is 0 Å². The van der Waals surface area contributed by atoms with Gasteiger partial charge in [0.05, 0.1) is 6.20 Å². The van der Waals surface area contributed by atoms with Gasteiger partial charge in [-0.3, -0.25) is 4.68 Å². The second kappa shape index (κ2) is 7.44. The zero-order valence-electron chi connectivity index (χ0n) is 10.9. The van der Waals surface area contributed by atoms with Crippen LogP contribution < -0.4 is 5.32 Å². The van der Waals surface area contributed by atoms with Gasteiger partial charge < -0.3 is 5.32 Å². The van der Waals surface area contributed by atoms with Crippen molar-refractivity contribution in [3.8, 4) is 0 Å². The highest BCUT2D eigenvalue weighted by Gasteiger charge is 2.02. The summed E-state index contributed by atoms with van der Waals surface area (Å²) in [5, 5.41) is 7.88. The molecule has 16 heavy (non-hydrogen) atoms. The standard InChI is InChI=1S/C13H25N3/c1-4-7-13(5-2)14-8-6-9-16-11-12(3)10-15-16/h10-11,13-14H,4-9H2,1-3H3. The Kier molecular flexibility index (Phi) is 6.16. The first-order valence-corrected chi connectivity index (χ1v) is 6.48. The van der Waals surface area contributed by atoms with Crippen LogP contribution in [0.25, 0.3) is 0 Å². The number of nitrogens with one attached hydrogen (secondary N) is 1. The molecule has 0 radical (unpaired) electrons. The summed E-state index contributed by atoms with van der Waals surface area (Å²) in [6.07, 6.45) is 8.96. The molecule has 0 aliphatic rings. The predicted octanol–water partition coefficient (Wildman–Crippen LogP) is 2.75. The van der Waals surface area contributed by atoms with Crippen molar-refractivity contribution < 1.29 is 0 Å². The maximum atomic E-state index is 4.28. The van der Waals surface area contributed by atoms with E-state index >= 15 is 0 Å². The van der Waals surface area contributed by atoms with Crippen molar-refractivity contribution in [3.05, 3.63) is 18.0 Å². The van der Waals surface area contributed by atoms with Crippen molar-refractivity contribution in [2.75, 3.05) is 6.54 Å². The Labute approximate surface area is 99.2 Å². The lowest BCUT2D eigenvalue weighted by Crippen LogP contribution is -2.29. The fourth-order valence-electron chi connectivity index (χ4n) is 1.94. The summed E-state index contributed by atoms with van der Waals surface area (Å²) in [7, 11) is 0. The summed E-state index contributed by atoms with van der Waals surface area (Å²) in [5.74, 6) is 0. The van der Waals surface area contributed by atoms with E-state index in [0.29, 0.717) is 6.04 Å². The molecule has 0 aromatic carbocycles. The Morgan fingerprint density at radius 2 is 2.25 bits per heavy atom. The fraction of sp³-hybridized carbons (Fsp3) is 0.769. The lowest BCUT2D eigenvalue weighted by Gasteiger charge is -2.15. The lowest BCUT2D eigenvalue weighted by atomic mass is 10.1. The van der Waals surface area contributed by atoms with Crippen LogP contribution in [0, 0.1) is 6.92 Å². The number of nitrogens with zero attached hydrogens (tertiary/aromatic N) is 2. The van der Waals surface area contributed by atoms with E-state index in [-0.39, 0.29) is 0 Å². The first-order valence-electron chi connectivity index (χ1n) is 6.48. The Bertz CT molecular complexity index is 280. The molecule has 3 nitrogen and oxygen atoms in total. The number of rotatable bonds is 8. The van der Waals surface area contributed by atoms with E-state index in [1.165, 1.54) is 24.8 Å². The SMILES string of the molecule is CCCC(CC)NCCCn1cc(C)cn1. The van der Waals surface area contributed by atoms with Crippen LogP contribution in [0.3, 0.4) is 0 Å². The van der Waals surface area contributed by atoms with Crippen molar-refractivity contribution in [2.24, 2.45) is 0 Å². The van der Waals surface area contributed by atoms with E-state index in [1.54, 1.807) is 0 Å². The maximum absolute atomic E-state index is 4.28. The second-order valence-electron chi connectivity index (χ2n) is 4.48. The monoisotopic (exact) mass is 223 g/mol. The van der Waals surface area contributed by atoms with Gasteiger partial charge in [-0.2, -0.15) is 5.10 Å². The van der Waals surface area contributed by atoms with Crippen LogP contribution in [0.1, 0.15) is 45.1 Å². The minimum Gasteiger partial charge on any atom is -0.314 e. The van der Waals surface area contributed by atoms with Gasteiger partial charge in [0.15, 0.2) is 0 Å². The minimum atomic E-state index is 0.698. The van der Waals surface area contributed by atoms with Gasteiger partial charge in [-0.1, -0.05) is 20.3 Å². The van der Waals surface area contributed by atoms with Crippen molar-refractivity contribution in [2.45, 2.75) is 59.0 Å². The third kappa shape index (κ3) is 4.79. The van der Waals surface area contributed by atoms with Crippen LogP contribution in [0.15, 0.2) is 12.4 Å². The summed E-state index contributed by atoms with van der Waals surface area (Å²) in [5.41, 5.74) is 1.24. The number of hydrogen-bond donors (Lipinski definition) is 1. The molecule has 0 aliphatic carbocycles. The van der Waals surface area contributed by atoms with E-state index < -0.39 is 0 Å². The second-order valence-corrected chi connectivity index (χ2v) is 4.48. The fourth-order valence-corrected chi connectivity index (χ4v) is 1.94. The minimum absolute atomic E-state index is 0.698. The van der Waals surface area contributed by atoms with Crippen molar-refractivity contribution >= 4 is 0 Å². The molecule has 3 heteroatoms. The van der Waals surface area contributed by atoms with Crippen molar-refractivity contribution in [1.29, 1.82) is 0 Å². The molecule has 0 spiro atoms. The molecule has 1 N–H and O–H groups in total. The molecular formula is C13H25N3. The summed E-state index contributed by atoms with van der Waals surface area (Å²) >= 11 is 0. The molecule has 0 bridgehead atoms. The lowest BCUT2D eigenvalue weighted by molar-refractivity contribution is 0.442. The van der Waals surface area contributed by atoms with Gasteiger partial charge in [-0.05, 0) is 38.3 Å². The summed E-state index contributed by atoms with van der Waals surface area (Å²) in [6, 6.07) is 0.698. The highest BCUT2D eigenvalue weighted by Crippen LogP contribution is 2.01. The summed E-state index contributed by atoms with van der Waals surface area (Å²) in [6.45, 7) is 8.69. The van der Waals surface area contributed by atoms with Crippen LogP contribution in [0.2, 0.25) is 0 Å². The molecule has 1 rings (SSSR count). The van der Waals surface area contributed by atoms with E-state index in [1.807, 2.05) is 10.9 Å². The molecule has 1 aromatic heterocycles. The molecule has 0 saturated carbocycles. The predicted molar refractivity (Wildman–Crippen MR) is 68.6 cm³/mol. The van der Waals surface area contributed by atoms with E-state index in [4.69, 9.17) is 0 Å². The quantitative estimate of drug-likeness (QED) is 0.687. The van der Waals surface area contributed by atoms with Crippen LogP contribution >= 0.6 is 0 Å². The zero-order chi connectivity index (χ0) is 11.8. The Morgan fingerprint density at radius 3 is 2.81 bits per heavy atom. The average molecular weight is 223 g/mol. The van der Waals surface area contributed by atoms with Gasteiger partial charge in [-0.25, -0.2) is 0 Å². The van der Waals surface area contributed by atoms with Crippen LogP contribution in [0.5, 0.6) is 0 Å². The van der Waals surface area contributed by atoms with E-state index in [9.17, 15) is 0 Å². The summed E-state index contributed by atoms with van der Waals surface area (Å²) in [4.78, 5) is 0. The number of aryl methyl sites for hydroxylation is 2. The van der Waals surface area contributed by atoms with Gasteiger partial charge in [0, 0.05) is 18.8 Å². The van der Waals surface area contributed by atoms with Crippen molar-refractivity contribution in [3.63, 3.8) is 0 Å². The van der Waals surface area contributed by atoms with Gasteiger partial charge in [0.25, 0.3) is 0 Å². The van der Waals surface area contributed by atoms with Crippen LogP contribution in [0.4, 0.5) is 0 Å². The molecule has 0 amide bonds. The molecule has 1 atom stereocenters. The maximum Gasteiger partial charge on any atom is 0.0518 e. The highest BCUT2D eigenvalue weighted by atomic mass is 15.3. The Balaban J connectivity index is 2.11. The number of aromatic nitrogens is 2. The normalized spacial score (nSPS) is 12.9. The Morgan fingerprint density at radius 1 is 1.44 bits per heavy atom. The van der Waals surface area contributed by atoms with E-state index in [2.05, 4.69) is 37.4 Å². The molecule has 0 aliphatic heterocycles. The van der Waals surface area contributed by atoms with E-state index in [0.717, 1.165) is 19.5 Å². The smallest absolute Gasteiger partial charge is 0.0518 e. The van der Waals surface area contributed by atoms with Gasteiger partial charge in [0.1, 0.15) is 0 Å². The number of hydrogen-bond acceptors (Lipinski definition) is 2. The third-order valence-electron chi connectivity index (χ3n) is 2.89. The topological polar surface area (TPSA) is 29.9 Å². The molecule has 92 valence electrons. The molecule has 1 aromatic rings. The van der Waals surface area contributed by atoms with Crippen molar-refractivity contribution in [1.82, 2.24) is 15.1 Å². The summed E-state index contributed by atoms with van der Waals surface area (Å²) < 4.78 is 2.03. The molecule has 0 saturated heterocycles. The van der Waals surface area contributed by atoms with Gasteiger partial charge >= 0.3 is 0 Å². The Hall–Kier alpha value is -0.830. The largest absolute Gasteiger partial charge is 0.314 e. The zero-order valence-corrected chi connectivity index (χ0v) is 10.9. The molecule has 1 unspecified atom stereocenters. The molecular weight excluding hydrogens is 198 g/mol.